The number of aromatic nitrogens is 2. The Morgan fingerprint density at radius 3 is 2.00 bits per heavy atom. The first kappa shape index (κ1) is 19.0. The molecule has 0 aliphatic carbocycles. The molecule has 0 saturated carbocycles. The van der Waals surface area contributed by atoms with Crippen LogP contribution in [0.25, 0.3) is 0 Å². The van der Waals surface area contributed by atoms with Gasteiger partial charge in [-0.05, 0) is 39.8 Å². The average molecular weight is 361 g/mol. The van der Waals surface area contributed by atoms with E-state index in [1.807, 2.05) is 0 Å². The zero-order valence-electron chi connectivity index (χ0n) is 14.8. The molecule has 0 spiro atoms. The maximum Gasteiger partial charge on any atom is 0.334 e. The molecule has 10 heteroatoms. The van der Waals surface area contributed by atoms with E-state index in [-0.39, 0.29) is 17.1 Å². The Hall–Kier alpha value is -3.30. The summed E-state index contributed by atoms with van der Waals surface area (Å²) in [6.45, 7) is 6.71. The molecule has 1 heterocycles. The van der Waals surface area contributed by atoms with Gasteiger partial charge in [-0.3, -0.25) is 24.0 Å². The van der Waals surface area contributed by atoms with Crippen molar-refractivity contribution in [3.63, 3.8) is 0 Å². The van der Waals surface area contributed by atoms with Crippen molar-refractivity contribution in [3.05, 3.63) is 55.2 Å². The maximum atomic E-state index is 12.5. The number of nitrogens with zero attached hydrogens (tertiary/aromatic N) is 5. The summed E-state index contributed by atoms with van der Waals surface area (Å²) in [4.78, 5) is 35.1. The fourth-order valence-corrected chi connectivity index (χ4v) is 2.37. The van der Waals surface area contributed by atoms with Gasteiger partial charge in [-0.15, -0.1) is 5.11 Å². The van der Waals surface area contributed by atoms with Gasteiger partial charge in [0.2, 0.25) is 11.6 Å². The van der Waals surface area contributed by atoms with Gasteiger partial charge in [0, 0.05) is 24.2 Å². The van der Waals surface area contributed by atoms with E-state index < -0.39 is 34.1 Å². The lowest BCUT2D eigenvalue weighted by atomic mass is 10.3. The molecule has 0 bridgehead atoms. The SMILES string of the molecule is CC(C)n1c(O)c(N=Nc2ccc([N+](=O)[O-])cc2)c(=O)n(C(C)C)c1=O. The number of aromatic hydroxyl groups is 1. The molecule has 1 aromatic carbocycles. The minimum absolute atomic E-state index is 0.109. The van der Waals surface area contributed by atoms with E-state index in [0.717, 1.165) is 9.13 Å². The highest BCUT2D eigenvalue weighted by molar-refractivity contribution is 5.47. The summed E-state index contributed by atoms with van der Waals surface area (Å²) in [7, 11) is 0. The van der Waals surface area contributed by atoms with Gasteiger partial charge < -0.3 is 5.11 Å². The van der Waals surface area contributed by atoms with Crippen molar-refractivity contribution in [1.82, 2.24) is 9.13 Å². The Kier molecular flexibility index (Phi) is 5.34. The van der Waals surface area contributed by atoms with E-state index >= 15 is 0 Å². The molecule has 0 unspecified atom stereocenters. The highest BCUT2D eigenvalue weighted by Gasteiger charge is 2.21. The van der Waals surface area contributed by atoms with Crippen LogP contribution in [0.2, 0.25) is 0 Å². The first-order valence-electron chi connectivity index (χ1n) is 7.91. The summed E-state index contributed by atoms with van der Waals surface area (Å²) < 4.78 is 2.05. The van der Waals surface area contributed by atoms with Crippen LogP contribution >= 0.6 is 0 Å². The molecule has 26 heavy (non-hydrogen) atoms. The van der Waals surface area contributed by atoms with Gasteiger partial charge in [0.1, 0.15) is 0 Å². The van der Waals surface area contributed by atoms with Crippen LogP contribution in [0.5, 0.6) is 5.88 Å². The molecule has 0 saturated heterocycles. The van der Waals surface area contributed by atoms with Gasteiger partial charge in [0.05, 0.1) is 10.6 Å². The molecule has 0 atom stereocenters. The lowest BCUT2D eigenvalue weighted by Crippen LogP contribution is -2.41. The van der Waals surface area contributed by atoms with Gasteiger partial charge in [-0.2, -0.15) is 5.11 Å². The van der Waals surface area contributed by atoms with E-state index in [4.69, 9.17) is 0 Å². The summed E-state index contributed by atoms with van der Waals surface area (Å²) in [6.07, 6.45) is 0. The summed E-state index contributed by atoms with van der Waals surface area (Å²) >= 11 is 0. The topological polar surface area (TPSA) is 132 Å². The molecule has 2 aromatic rings. The summed E-state index contributed by atoms with van der Waals surface area (Å²) in [6, 6.07) is 4.37. The van der Waals surface area contributed by atoms with Crippen LogP contribution in [0, 0.1) is 10.1 Å². The molecular weight excluding hydrogens is 342 g/mol. The van der Waals surface area contributed by atoms with Gasteiger partial charge in [-0.1, -0.05) is 0 Å². The zero-order valence-corrected chi connectivity index (χ0v) is 14.8. The molecule has 138 valence electrons. The highest BCUT2D eigenvalue weighted by atomic mass is 16.6. The number of nitro groups is 1. The monoisotopic (exact) mass is 361 g/mol. The highest BCUT2D eigenvalue weighted by Crippen LogP contribution is 2.26. The number of azo groups is 1. The quantitative estimate of drug-likeness (QED) is 0.496. The minimum atomic E-state index is -0.759. The van der Waals surface area contributed by atoms with Crippen LogP contribution in [-0.2, 0) is 0 Å². The largest absolute Gasteiger partial charge is 0.493 e. The lowest BCUT2D eigenvalue weighted by molar-refractivity contribution is -0.384. The van der Waals surface area contributed by atoms with E-state index in [0.29, 0.717) is 0 Å². The van der Waals surface area contributed by atoms with Gasteiger partial charge in [0.15, 0.2) is 0 Å². The molecule has 0 aliphatic rings. The fourth-order valence-electron chi connectivity index (χ4n) is 2.37. The zero-order chi connectivity index (χ0) is 19.6. The third-order valence-electron chi connectivity index (χ3n) is 3.63. The van der Waals surface area contributed by atoms with Crippen molar-refractivity contribution >= 4 is 17.1 Å². The molecule has 1 N–H and O–H groups in total. The lowest BCUT2D eigenvalue weighted by Gasteiger charge is -2.17. The van der Waals surface area contributed by atoms with E-state index in [1.54, 1.807) is 27.7 Å². The third-order valence-corrected chi connectivity index (χ3v) is 3.63. The fraction of sp³-hybridized carbons (Fsp3) is 0.375. The number of benzene rings is 1. The smallest absolute Gasteiger partial charge is 0.334 e. The normalized spacial score (nSPS) is 11.6. The summed E-state index contributed by atoms with van der Waals surface area (Å²) in [5.41, 5.74) is -1.61. The summed E-state index contributed by atoms with van der Waals surface area (Å²) in [5, 5.41) is 28.6. The number of rotatable bonds is 5. The minimum Gasteiger partial charge on any atom is -0.493 e. The predicted molar refractivity (Wildman–Crippen MR) is 94.7 cm³/mol. The van der Waals surface area contributed by atoms with Crippen molar-refractivity contribution < 1.29 is 10.0 Å². The van der Waals surface area contributed by atoms with Crippen LogP contribution in [0.3, 0.4) is 0 Å². The molecule has 1 aromatic heterocycles. The van der Waals surface area contributed by atoms with Crippen LogP contribution < -0.4 is 11.2 Å². The van der Waals surface area contributed by atoms with Crippen LogP contribution in [0.15, 0.2) is 44.1 Å². The standard InChI is InChI=1S/C16H19N5O5/c1-9(2)19-14(22)13(15(23)20(10(3)4)16(19)24)18-17-11-5-7-12(8-6-11)21(25)26/h5-10,22H,1-4H3. The molecule has 10 nitrogen and oxygen atoms in total. The van der Waals surface area contributed by atoms with Crippen LogP contribution in [0.4, 0.5) is 17.1 Å². The van der Waals surface area contributed by atoms with Crippen LogP contribution in [0.1, 0.15) is 39.8 Å². The molecule has 0 radical (unpaired) electrons. The Morgan fingerprint density at radius 2 is 1.54 bits per heavy atom. The van der Waals surface area contributed by atoms with Crippen molar-refractivity contribution in [2.45, 2.75) is 39.8 Å². The first-order valence-corrected chi connectivity index (χ1v) is 7.91. The van der Waals surface area contributed by atoms with E-state index in [1.165, 1.54) is 24.3 Å². The number of non-ortho nitro benzene ring substituents is 1. The molecule has 0 fully saturated rings. The number of nitro benzene ring substituents is 1. The van der Waals surface area contributed by atoms with E-state index in [2.05, 4.69) is 10.2 Å². The third kappa shape index (κ3) is 3.53. The molecule has 2 rings (SSSR count). The Balaban J connectivity index is 2.60. The van der Waals surface area contributed by atoms with E-state index in [9.17, 15) is 24.8 Å². The Morgan fingerprint density at radius 1 is 1.00 bits per heavy atom. The van der Waals surface area contributed by atoms with Crippen molar-refractivity contribution in [2.24, 2.45) is 10.2 Å². The van der Waals surface area contributed by atoms with Gasteiger partial charge in [-0.25, -0.2) is 4.79 Å². The van der Waals surface area contributed by atoms with Gasteiger partial charge >= 0.3 is 5.69 Å². The van der Waals surface area contributed by atoms with Crippen molar-refractivity contribution in [1.29, 1.82) is 0 Å². The van der Waals surface area contributed by atoms with Crippen molar-refractivity contribution in [2.75, 3.05) is 0 Å². The van der Waals surface area contributed by atoms with Gasteiger partial charge in [0.25, 0.3) is 11.2 Å². The second kappa shape index (κ2) is 7.30. The number of hydrogen-bond donors (Lipinski definition) is 1. The first-order chi connectivity index (χ1) is 12.1. The molecular formula is C16H19N5O5. The predicted octanol–water partition coefficient (Wildman–Crippen LogP) is 3.20. The van der Waals surface area contributed by atoms with Crippen LogP contribution in [-0.4, -0.2) is 19.2 Å². The second-order valence-corrected chi connectivity index (χ2v) is 6.16. The molecule has 0 amide bonds. The number of hydrogen-bond acceptors (Lipinski definition) is 7. The van der Waals surface area contributed by atoms with Crippen molar-refractivity contribution in [3.8, 4) is 5.88 Å². The molecule has 0 aliphatic heterocycles. The Labute approximate surface area is 148 Å². The Bertz CT molecular complexity index is 970. The summed E-state index contributed by atoms with van der Waals surface area (Å²) in [5.74, 6) is -0.572. The maximum absolute atomic E-state index is 12.5. The average Bonchev–Trinajstić information content (AvgIpc) is 2.54. The second-order valence-electron chi connectivity index (χ2n) is 6.16.